The summed E-state index contributed by atoms with van der Waals surface area (Å²) in [4.78, 5) is 16.7. The molecule has 1 aliphatic heterocycles. The lowest BCUT2D eigenvalue weighted by Gasteiger charge is -2.31. The summed E-state index contributed by atoms with van der Waals surface area (Å²) in [6.45, 7) is 5.13. The average molecular weight is 360 g/mol. The van der Waals surface area contributed by atoms with Gasteiger partial charge in [0.25, 0.3) is 0 Å². The molecule has 0 aromatic heterocycles. The van der Waals surface area contributed by atoms with E-state index in [1.165, 1.54) is 18.4 Å². The molecule has 2 N–H and O–H groups in total. The monoisotopic (exact) mass is 360 g/mol. The number of hydrogen-bond donors (Lipinski definition) is 2. The standard InChI is InChI=1S/C16H19F3N2O4/c1-15(2,3)20-14(23)25-10-6-7-12(11(9-10)16(17,18)19)21-13(22)5-4-8-24-21/h4,6-9,13,22H,5H2,1-3H3,(H,20,23). The molecule has 1 aliphatic rings. The van der Waals surface area contributed by atoms with E-state index in [9.17, 15) is 23.1 Å². The number of alkyl halides is 3. The average Bonchev–Trinajstić information content (AvgIpc) is 2.45. The van der Waals surface area contributed by atoms with Crippen molar-refractivity contribution in [3.63, 3.8) is 0 Å². The van der Waals surface area contributed by atoms with Crippen LogP contribution in [0.4, 0.5) is 23.7 Å². The summed E-state index contributed by atoms with van der Waals surface area (Å²) in [6, 6.07) is 2.96. The summed E-state index contributed by atoms with van der Waals surface area (Å²) in [5, 5.41) is 13.1. The zero-order valence-corrected chi connectivity index (χ0v) is 13.9. The Morgan fingerprint density at radius 2 is 2.04 bits per heavy atom. The van der Waals surface area contributed by atoms with Crippen molar-refractivity contribution in [1.29, 1.82) is 0 Å². The number of aliphatic hydroxyl groups excluding tert-OH is 1. The van der Waals surface area contributed by atoms with Crippen molar-refractivity contribution in [3.05, 3.63) is 36.1 Å². The number of anilines is 1. The Bertz CT molecular complexity index is 668. The molecule has 0 aliphatic carbocycles. The van der Waals surface area contributed by atoms with E-state index in [2.05, 4.69) is 5.32 Å². The van der Waals surface area contributed by atoms with Gasteiger partial charge in [-0.3, -0.25) is 0 Å². The summed E-state index contributed by atoms with van der Waals surface area (Å²) in [5.41, 5.74) is -2.07. The quantitative estimate of drug-likeness (QED) is 0.844. The number of nitrogens with one attached hydrogen (secondary N) is 1. The molecule has 9 heteroatoms. The molecule has 25 heavy (non-hydrogen) atoms. The normalized spacial score (nSPS) is 17.9. The van der Waals surface area contributed by atoms with Gasteiger partial charge in [0.2, 0.25) is 0 Å². The van der Waals surface area contributed by atoms with Gasteiger partial charge >= 0.3 is 12.3 Å². The van der Waals surface area contributed by atoms with E-state index in [1.807, 2.05) is 0 Å². The van der Waals surface area contributed by atoms with Crippen molar-refractivity contribution >= 4 is 11.8 Å². The van der Waals surface area contributed by atoms with Gasteiger partial charge in [-0.1, -0.05) is 0 Å². The van der Waals surface area contributed by atoms with Gasteiger partial charge in [0.15, 0.2) is 6.23 Å². The van der Waals surface area contributed by atoms with E-state index in [-0.39, 0.29) is 17.9 Å². The predicted molar refractivity (Wildman–Crippen MR) is 83.7 cm³/mol. The molecule has 1 heterocycles. The lowest BCUT2D eigenvalue weighted by Crippen LogP contribution is -2.42. The zero-order chi connectivity index (χ0) is 18.8. The topological polar surface area (TPSA) is 71.0 Å². The fourth-order valence-electron chi connectivity index (χ4n) is 2.11. The van der Waals surface area contributed by atoms with Crippen molar-refractivity contribution in [2.75, 3.05) is 5.06 Å². The molecule has 2 rings (SSSR count). The smallest absolute Gasteiger partial charge is 0.410 e. The Hall–Kier alpha value is -2.42. The van der Waals surface area contributed by atoms with E-state index < -0.39 is 29.6 Å². The van der Waals surface area contributed by atoms with Crippen LogP contribution in [-0.2, 0) is 11.0 Å². The first-order chi connectivity index (χ1) is 11.5. The van der Waals surface area contributed by atoms with E-state index in [4.69, 9.17) is 9.57 Å². The Morgan fingerprint density at radius 1 is 1.36 bits per heavy atom. The van der Waals surface area contributed by atoms with Gasteiger partial charge in [-0.25, -0.2) is 4.79 Å². The van der Waals surface area contributed by atoms with Gasteiger partial charge in [-0.15, -0.1) is 0 Å². The second-order valence-electron chi connectivity index (χ2n) is 6.46. The highest BCUT2D eigenvalue weighted by Gasteiger charge is 2.37. The fraction of sp³-hybridized carbons (Fsp3) is 0.438. The third kappa shape index (κ3) is 5.02. The van der Waals surface area contributed by atoms with Crippen molar-refractivity contribution in [2.24, 2.45) is 0 Å². The van der Waals surface area contributed by atoms with Gasteiger partial charge in [0, 0.05) is 12.0 Å². The maximum Gasteiger partial charge on any atom is 0.418 e. The van der Waals surface area contributed by atoms with Crippen LogP contribution in [-0.4, -0.2) is 23.0 Å². The lowest BCUT2D eigenvalue weighted by atomic mass is 10.1. The van der Waals surface area contributed by atoms with E-state index in [0.29, 0.717) is 6.07 Å². The Labute approximate surface area is 142 Å². The van der Waals surface area contributed by atoms with Crippen molar-refractivity contribution in [1.82, 2.24) is 5.32 Å². The second-order valence-corrected chi connectivity index (χ2v) is 6.46. The molecule has 1 unspecified atom stereocenters. The molecule has 0 saturated heterocycles. The number of ether oxygens (including phenoxy) is 1. The first kappa shape index (κ1) is 18.9. The molecule has 1 aromatic carbocycles. The highest BCUT2D eigenvalue weighted by molar-refractivity contribution is 5.71. The maximum absolute atomic E-state index is 13.4. The molecule has 0 fully saturated rings. The summed E-state index contributed by atoms with van der Waals surface area (Å²) < 4.78 is 45.1. The Morgan fingerprint density at radius 3 is 2.60 bits per heavy atom. The van der Waals surface area contributed by atoms with Crippen LogP contribution in [0.25, 0.3) is 0 Å². The van der Waals surface area contributed by atoms with Crippen LogP contribution in [0.15, 0.2) is 30.5 Å². The van der Waals surface area contributed by atoms with E-state index in [1.54, 1.807) is 20.8 Å². The van der Waals surface area contributed by atoms with Crippen LogP contribution in [0.2, 0.25) is 0 Å². The first-order valence-corrected chi connectivity index (χ1v) is 7.48. The SMILES string of the molecule is CC(C)(C)NC(=O)Oc1ccc(N2OC=CCC2O)c(C(F)(F)F)c1. The summed E-state index contributed by atoms with van der Waals surface area (Å²) >= 11 is 0. The summed E-state index contributed by atoms with van der Waals surface area (Å²) in [6.07, 6.45) is -4.08. The van der Waals surface area contributed by atoms with Gasteiger partial charge in [-0.2, -0.15) is 18.2 Å². The number of nitrogens with zero attached hydrogens (tertiary/aromatic N) is 1. The molecule has 1 atom stereocenters. The molecule has 0 spiro atoms. The van der Waals surface area contributed by atoms with Crippen LogP contribution < -0.4 is 15.1 Å². The lowest BCUT2D eigenvalue weighted by molar-refractivity contribution is -0.138. The van der Waals surface area contributed by atoms with Gasteiger partial charge in [0.05, 0.1) is 11.3 Å². The molecular weight excluding hydrogens is 341 g/mol. The zero-order valence-electron chi connectivity index (χ0n) is 13.9. The first-order valence-electron chi connectivity index (χ1n) is 7.48. The molecule has 0 saturated carbocycles. The summed E-state index contributed by atoms with van der Waals surface area (Å²) in [7, 11) is 0. The second kappa shape index (κ2) is 6.83. The van der Waals surface area contributed by atoms with Crippen LogP contribution >= 0.6 is 0 Å². The van der Waals surface area contributed by atoms with Gasteiger partial charge < -0.3 is 20.0 Å². The molecule has 138 valence electrons. The van der Waals surface area contributed by atoms with Crippen LogP contribution in [0.5, 0.6) is 5.75 Å². The molecule has 0 radical (unpaired) electrons. The minimum absolute atomic E-state index is 0.115. The third-order valence-corrected chi connectivity index (χ3v) is 3.09. The number of carbonyl (C=O) groups is 1. The van der Waals surface area contributed by atoms with Crippen LogP contribution in [0, 0.1) is 0 Å². The van der Waals surface area contributed by atoms with Crippen LogP contribution in [0.1, 0.15) is 32.8 Å². The fourth-order valence-corrected chi connectivity index (χ4v) is 2.11. The number of hydroxylamine groups is 1. The number of rotatable bonds is 2. The number of carbonyl (C=O) groups excluding carboxylic acids is 1. The van der Waals surface area contributed by atoms with Crippen molar-refractivity contribution in [3.8, 4) is 5.75 Å². The Kier molecular flexibility index (Phi) is 5.17. The minimum Gasteiger partial charge on any atom is -0.410 e. The van der Waals surface area contributed by atoms with E-state index in [0.717, 1.165) is 11.1 Å². The number of aliphatic hydroxyl groups is 1. The van der Waals surface area contributed by atoms with Crippen molar-refractivity contribution < 1.29 is 32.6 Å². The number of halogens is 3. The number of amides is 1. The highest BCUT2D eigenvalue weighted by Crippen LogP contribution is 2.40. The van der Waals surface area contributed by atoms with Crippen LogP contribution in [0.3, 0.4) is 0 Å². The maximum atomic E-state index is 13.4. The minimum atomic E-state index is -4.74. The third-order valence-electron chi connectivity index (χ3n) is 3.09. The largest absolute Gasteiger partial charge is 0.418 e. The van der Waals surface area contributed by atoms with Gasteiger partial charge in [0.1, 0.15) is 12.0 Å². The molecule has 1 amide bonds. The predicted octanol–water partition coefficient (Wildman–Crippen LogP) is 3.57. The molecular formula is C16H19F3N2O4. The number of benzene rings is 1. The molecule has 1 aromatic rings. The van der Waals surface area contributed by atoms with Crippen molar-refractivity contribution in [2.45, 2.75) is 45.1 Å². The Balaban J connectivity index is 2.31. The number of hydrogen-bond acceptors (Lipinski definition) is 5. The molecule has 0 bridgehead atoms. The summed E-state index contributed by atoms with van der Waals surface area (Å²) in [5.74, 6) is -0.278. The molecule has 6 nitrogen and oxygen atoms in total. The van der Waals surface area contributed by atoms with Gasteiger partial charge in [-0.05, 0) is 45.0 Å². The highest BCUT2D eigenvalue weighted by atomic mass is 19.4. The van der Waals surface area contributed by atoms with E-state index >= 15 is 0 Å².